The van der Waals surface area contributed by atoms with Gasteiger partial charge in [-0.3, -0.25) is 4.90 Å². The second-order valence-corrected chi connectivity index (χ2v) is 6.83. The van der Waals surface area contributed by atoms with E-state index >= 15 is 0 Å². The molecule has 1 fully saturated rings. The van der Waals surface area contributed by atoms with Crippen molar-refractivity contribution in [1.82, 2.24) is 15.5 Å². The Balaban J connectivity index is 1.32. The number of carbonyl (C=O) groups excluding carboxylic acids is 1. The Morgan fingerprint density at radius 1 is 1.00 bits per heavy atom. The summed E-state index contributed by atoms with van der Waals surface area (Å²) in [5.74, 6) is 1.46. The van der Waals surface area contributed by atoms with Crippen LogP contribution < -0.4 is 20.1 Å². The number of amides is 2. The monoisotopic (exact) mass is 383 g/mol. The predicted molar refractivity (Wildman–Crippen MR) is 104 cm³/mol. The van der Waals surface area contributed by atoms with E-state index in [1.807, 2.05) is 36.4 Å². The lowest BCUT2D eigenvalue weighted by Gasteiger charge is -2.34. The minimum Gasteiger partial charge on any atom is -0.454 e. The fourth-order valence-electron chi connectivity index (χ4n) is 3.51. The Kier molecular flexibility index (Phi) is 5.94. The standard InChI is InChI=1S/C21H25N3O4/c25-21(22-13-16-6-7-19-20(12-16)28-15-27-19)23-14-18(17-4-2-1-3-5-17)24-8-10-26-11-9-24/h1-7,12,18H,8-11,13-15H2,(H2,22,23,25). The maximum absolute atomic E-state index is 12.3. The van der Waals surface area contributed by atoms with Crippen LogP contribution in [-0.4, -0.2) is 50.6 Å². The van der Waals surface area contributed by atoms with E-state index in [4.69, 9.17) is 14.2 Å². The molecule has 0 bridgehead atoms. The van der Waals surface area contributed by atoms with Crippen molar-refractivity contribution < 1.29 is 19.0 Å². The van der Waals surface area contributed by atoms with Crippen LogP contribution in [0.4, 0.5) is 4.79 Å². The molecule has 0 spiro atoms. The summed E-state index contributed by atoms with van der Waals surface area (Å²) in [5, 5.41) is 5.92. The van der Waals surface area contributed by atoms with Crippen LogP contribution in [0.5, 0.6) is 11.5 Å². The minimum atomic E-state index is -0.188. The molecular weight excluding hydrogens is 358 g/mol. The van der Waals surface area contributed by atoms with E-state index in [9.17, 15) is 4.79 Å². The topological polar surface area (TPSA) is 72.1 Å². The van der Waals surface area contributed by atoms with Gasteiger partial charge in [0.1, 0.15) is 0 Å². The van der Waals surface area contributed by atoms with Crippen molar-refractivity contribution in [2.45, 2.75) is 12.6 Å². The largest absolute Gasteiger partial charge is 0.454 e. The lowest BCUT2D eigenvalue weighted by Crippen LogP contribution is -2.45. The molecule has 2 amide bonds. The van der Waals surface area contributed by atoms with E-state index in [2.05, 4.69) is 27.7 Å². The average Bonchev–Trinajstić information content (AvgIpc) is 3.22. The maximum Gasteiger partial charge on any atom is 0.315 e. The van der Waals surface area contributed by atoms with Gasteiger partial charge in [-0.05, 0) is 23.3 Å². The quantitative estimate of drug-likeness (QED) is 0.801. The molecule has 1 unspecified atom stereocenters. The average molecular weight is 383 g/mol. The van der Waals surface area contributed by atoms with Gasteiger partial charge in [-0.1, -0.05) is 36.4 Å². The first-order valence-corrected chi connectivity index (χ1v) is 9.56. The van der Waals surface area contributed by atoms with Crippen molar-refractivity contribution in [2.24, 2.45) is 0 Å². The second-order valence-electron chi connectivity index (χ2n) is 6.83. The molecule has 7 nitrogen and oxygen atoms in total. The normalized spacial score (nSPS) is 17.1. The summed E-state index contributed by atoms with van der Waals surface area (Å²) in [6.45, 7) is 4.38. The van der Waals surface area contributed by atoms with Gasteiger partial charge in [0.2, 0.25) is 6.79 Å². The molecule has 2 N–H and O–H groups in total. The van der Waals surface area contributed by atoms with Crippen molar-refractivity contribution in [2.75, 3.05) is 39.6 Å². The number of benzene rings is 2. The summed E-state index contributed by atoms with van der Waals surface area (Å²) < 4.78 is 16.2. The van der Waals surface area contributed by atoms with Crippen LogP contribution in [0.15, 0.2) is 48.5 Å². The fourth-order valence-corrected chi connectivity index (χ4v) is 3.51. The zero-order valence-electron chi connectivity index (χ0n) is 15.7. The van der Waals surface area contributed by atoms with Crippen molar-refractivity contribution in [3.8, 4) is 11.5 Å². The number of rotatable bonds is 6. The zero-order chi connectivity index (χ0) is 19.2. The number of carbonyl (C=O) groups is 1. The maximum atomic E-state index is 12.3. The summed E-state index contributed by atoms with van der Waals surface area (Å²) in [4.78, 5) is 14.7. The first-order valence-electron chi connectivity index (χ1n) is 9.56. The third kappa shape index (κ3) is 4.55. The first-order chi connectivity index (χ1) is 13.8. The van der Waals surface area contributed by atoms with Crippen LogP contribution in [0, 0.1) is 0 Å². The summed E-state index contributed by atoms with van der Waals surface area (Å²) in [5.41, 5.74) is 2.16. The molecule has 1 atom stereocenters. The number of nitrogens with zero attached hydrogens (tertiary/aromatic N) is 1. The molecule has 0 aliphatic carbocycles. The molecular formula is C21H25N3O4. The number of hydrogen-bond donors (Lipinski definition) is 2. The number of ether oxygens (including phenoxy) is 3. The highest BCUT2D eigenvalue weighted by atomic mass is 16.7. The van der Waals surface area contributed by atoms with E-state index in [1.54, 1.807) is 0 Å². The van der Waals surface area contributed by atoms with E-state index in [0.717, 1.165) is 43.4 Å². The SMILES string of the molecule is O=C(NCc1ccc2c(c1)OCO2)NCC(c1ccccc1)N1CCOCC1. The van der Waals surface area contributed by atoms with Crippen molar-refractivity contribution in [3.63, 3.8) is 0 Å². The van der Waals surface area contributed by atoms with Gasteiger partial charge in [0.05, 0.1) is 19.3 Å². The van der Waals surface area contributed by atoms with E-state index < -0.39 is 0 Å². The highest BCUT2D eigenvalue weighted by molar-refractivity contribution is 5.73. The van der Waals surface area contributed by atoms with Gasteiger partial charge in [0.15, 0.2) is 11.5 Å². The van der Waals surface area contributed by atoms with Crippen molar-refractivity contribution in [3.05, 3.63) is 59.7 Å². The van der Waals surface area contributed by atoms with Gasteiger partial charge in [-0.2, -0.15) is 0 Å². The Bertz CT molecular complexity index is 793. The van der Waals surface area contributed by atoms with Gasteiger partial charge < -0.3 is 24.8 Å². The molecule has 2 heterocycles. The minimum absolute atomic E-state index is 0.126. The van der Waals surface area contributed by atoms with Gasteiger partial charge in [0.25, 0.3) is 0 Å². The second kappa shape index (κ2) is 8.95. The van der Waals surface area contributed by atoms with Crippen LogP contribution in [0.2, 0.25) is 0 Å². The highest BCUT2D eigenvalue weighted by Gasteiger charge is 2.23. The van der Waals surface area contributed by atoms with E-state index in [0.29, 0.717) is 13.1 Å². The molecule has 2 aliphatic heterocycles. The van der Waals surface area contributed by atoms with Crippen LogP contribution >= 0.6 is 0 Å². The molecule has 2 aromatic rings. The third-order valence-electron chi connectivity index (χ3n) is 5.02. The van der Waals surface area contributed by atoms with Crippen LogP contribution in [0.3, 0.4) is 0 Å². The molecule has 28 heavy (non-hydrogen) atoms. The molecule has 1 saturated heterocycles. The molecule has 4 rings (SSSR count). The van der Waals surface area contributed by atoms with Crippen molar-refractivity contribution >= 4 is 6.03 Å². The molecule has 0 aromatic heterocycles. The molecule has 7 heteroatoms. The summed E-state index contributed by atoms with van der Waals surface area (Å²) in [6.07, 6.45) is 0. The molecule has 0 radical (unpaired) electrons. The summed E-state index contributed by atoms with van der Waals surface area (Å²) >= 11 is 0. The number of fused-ring (bicyclic) bond motifs is 1. The summed E-state index contributed by atoms with van der Waals surface area (Å²) in [6, 6.07) is 15.9. The molecule has 148 valence electrons. The molecule has 0 saturated carbocycles. The number of hydrogen-bond acceptors (Lipinski definition) is 5. The first kappa shape index (κ1) is 18.6. The van der Waals surface area contributed by atoms with Crippen LogP contribution in [0.1, 0.15) is 17.2 Å². The lowest BCUT2D eigenvalue weighted by atomic mass is 10.0. The van der Waals surface area contributed by atoms with Crippen LogP contribution in [0.25, 0.3) is 0 Å². The number of nitrogens with one attached hydrogen (secondary N) is 2. The lowest BCUT2D eigenvalue weighted by molar-refractivity contribution is 0.0167. The van der Waals surface area contributed by atoms with Gasteiger partial charge in [0, 0.05) is 26.2 Å². The van der Waals surface area contributed by atoms with Crippen molar-refractivity contribution in [1.29, 1.82) is 0 Å². The van der Waals surface area contributed by atoms with Gasteiger partial charge in [-0.15, -0.1) is 0 Å². The van der Waals surface area contributed by atoms with E-state index in [1.165, 1.54) is 5.56 Å². The third-order valence-corrected chi connectivity index (χ3v) is 5.02. The predicted octanol–water partition coefficient (Wildman–Crippen LogP) is 2.29. The fraction of sp³-hybridized carbons (Fsp3) is 0.381. The summed E-state index contributed by atoms with van der Waals surface area (Å²) in [7, 11) is 0. The van der Waals surface area contributed by atoms with Gasteiger partial charge in [-0.25, -0.2) is 4.79 Å². The Hall–Kier alpha value is -2.77. The van der Waals surface area contributed by atoms with Crippen LogP contribution in [-0.2, 0) is 11.3 Å². The number of urea groups is 1. The smallest absolute Gasteiger partial charge is 0.315 e. The van der Waals surface area contributed by atoms with E-state index in [-0.39, 0.29) is 18.9 Å². The Morgan fingerprint density at radius 2 is 1.79 bits per heavy atom. The zero-order valence-corrected chi connectivity index (χ0v) is 15.7. The Labute approximate surface area is 164 Å². The Morgan fingerprint density at radius 3 is 2.61 bits per heavy atom. The molecule has 2 aliphatic rings. The molecule has 2 aromatic carbocycles. The highest BCUT2D eigenvalue weighted by Crippen LogP contribution is 2.32. The van der Waals surface area contributed by atoms with Gasteiger partial charge >= 0.3 is 6.03 Å². The number of morpholine rings is 1.